The van der Waals surface area contributed by atoms with E-state index < -0.39 is 29.1 Å². The maximum atomic E-state index is 13.0. The van der Waals surface area contributed by atoms with Gasteiger partial charge in [0, 0.05) is 24.6 Å². The van der Waals surface area contributed by atoms with Gasteiger partial charge in [-0.15, -0.1) is 0 Å². The van der Waals surface area contributed by atoms with E-state index in [-0.39, 0.29) is 19.6 Å². The largest absolute Gasteiger partial charge is 0.449 e. The molecule has 27 heavy (non-hydrogen) atoms. The first kappa shape index (κ1) is 23.1. The third kappa shape index (κ3) is 11.4. The number of carbonyl (C=O) groups is 2. The van der Waals surface area contributed by atoms with Crippen LogP contribution in [0.2, 0.25) is 0 Å². The van der Waals surface area contributed by atoms with E-state index in [4.69, 9.17) is 16.3 Å². The number of rotatable bonds is 3. The van der Waals surface area contributed by atoms with Crippen molar-refractivity contribution in [3.8, 4) is 0 Å². The van der Waals surface area contributed by atoms with Crippen LogP contribution in [0, 0.1) is 0 Å². The fourth-order valence-corrected chi connectivity index (χ4v) is 2.28. The molecule has 0 bridgehead atoms. The van der Waals surface area contributed by atoms with Crippen molar-refractivity contribution in [3.05, 3.63) is 35.9 Å². The van der Waals surface area contributed by atoms with Crippen LogP contribution < -0.4 is 10.6 Å². The predicted molar refractivity (Wildman–Crippen MR) is 98.1 cm³/mol. The lowest BCUT2D eigenvalue weighted by Gasteiger charge is -2.31. The van der Waals surface area contributed by atoms with Crippen molar-refractivity contribution in [2.45, 2.75) is 51.4 Å². The minimum Gasteiger partial charge on any atom is -0.449 e. The van der Waals surface area contributed by atoms with Crippen LogP contribution in [0.5, 0.6) is 0 Å². The molecule has 0 aliphatic carbocycles. The number of amides is 1. The van der Waals surface area contributed by atoms with Crippen molar-refractivity contribution < 1.29 is 27.8 Å². The Hall–Kier alpha value is -1.93. The second-order valence-corrected chi connectivity index (χ2v) is 7.35. The molecule has 152 valence electrons. The molecule has 1 aromatic carbocycles. The zero-order chi connectivity index (χ0) is 20.5. The number of benzene rings is 1. The van der Waals surface area contributed by atoms with Crippen molar-refractivity contribution in [3.63, 3.8) is 0 Å². The Morgan fingerprint density at radius 2 is 1.93 bits per heavy atom. The lowest BCUT2D eigenvalue weighted by Crippen LogP contribution is -2.54. The van der Waals surface area contributed by atoms with Crippen LogP contribution in [0.15, 0.2) is 30.3 Å². The Morgan fingerprint density at radius 1 is 1.30 bits per heavy atom. The molecular weight excluding hydrogens is 382 g/mol. The minimum absolute atomic E-state index is 0.239. The van der Waals surface area contributed by atoms with Crippen molar-refractivity contribution in [2.24, 2.45) is 0 Å². The second-order valence-electron chi connectivity index (χ2n) is 7.05. The average molecular weight is 407 g/mol. The molecule has 1 amide bonds. The van der Waals surface area contributed by atoms with Gasteiger partial charge in [-0.05, 0) is 26.3 Å². The highest BCUT2D eigenvalue weighted by Gasteiger charge is 2.37. The highest BCUT2D eigenvalue weighted by Crippen LogP contribution is 2.22. The van der Waals surface area contributed by atoms with Crippen molar-refractivity contribution in [2.75, 3.05) is 13.1 Å². The Labute approximate surface area is 162 Å². The van der Waals surface area contributed by atoms with Gasteiger partial charge in [-0.2, -0.15) is 0 Å². The fraction of sp³-hybridized carbons (Fsp3) is 0.556. The molecule has 1 aromatic rings. The lowest BCUT2D eigenvalue weighted by molar-refractivity contribution is -0.0322. The van der Waals surface area contributed by atoms with Gasteiger partial charge in [-0.25, -0.2) is 18.4 Å². The molecule has 0 saturated carbocycles. The van der Waals surface area contributed by atoms with Crippen LogP contribution in [-0.2, 0) is 16.1 Å². The molecule has 1 heterocycles. The summed E-state index contributed by atoms with van der Waals surface area (Å²) in [4.78, 5) is 21.5. The predicted octanol–water partition coefficient (Wildman–Crippen LogP) is 4.07. The Kier molecular flexibility index (Phi) is 8.92. The summed E-state index contributed by atoms with van der Waals surface area (Å²) in [6, 6.07) is 8.78. The monoisotopic (exact) mass is 406 g/mol. The summed E-state index contributed by atoms with van der Waals surface area (Å²) < 4.78 is 35.5. The number of piperidine rings is 1. The molecule has 0 spiro atoms. The molecule has 1 aliphatic rings. The molecule has 1 fully saturated rings. The zero-order valence-electron chi connectivity index (χ0n) is 15.6. The molecule has 0 aromatic heterocycles. The van der Waals surface area contributed by atoms with Crippen LogP contribution in [-0.4, -0.2) is 42.2 Å². The smallest absolute Gasteiger partial charge is 0.407 e. The van der Waals surface area contributed by atoms with Gasteiger partial charge in [0.1, 0.15) is 12.2 Å². The normalized spacial score (nSPS) is 18.5. The summed E-state index contributed by atoms with van der Waals surface area (Å²) in [5, 5.41) is 5.00. The molecular formula is C18H25ClF2N2O4. The lowest BCUT2D eigenvalue weighted by atomic mass is 10.0. The van der Waals surface area contributed by atoms with Crippen LogP contribution in [0.1, 0.15) is 32.8 Å². The summed E-state index contributed by atoms with van der Waals surface area (Å²) in [7, 11) is 0. The van der Waals surface area contributed by atoms with E-state index in [9.17, 15) is 18.4 Å². The first-order chi connectivity index (χ1) is 12.5. The average Bonchev–Trinajstić information content (AvgIpc) is 2.51. The fourth-order valence-electron chi connectivity index (χ4n) is 2.22. The molecule has 6 nitrogen and oxygen atoms in total. The van der Waals surface area contributed by atoms with Crippen molar-refractivity contribution >= 4 is 23.1 Å². The number of halogens is 3. The van der Waals surface area contributed by atoms with Crippen LogP contribution >= 0.6 is 11.6 Å². The molecule has 1 saturated heterocycles. The number of hydrogen-bond donors (Lipinski definition) is 2. The highest BCUT2D eigenvalue weighted by atomic mass is 35.5. The van der Waals surface area contributed by atoms with Crippen LogP contribution in [0.4, 0.5) is 18.4 Å². The van der Waals surface area contributed by atoms with E-state index in [0.29, 0.717) is 6.54 Å². The number of hydrogen-bond acceptors (Lipinski definition) is 5. The maximum absolute atomic E-state index is 13.0. The van der Waals surface area contributed by atoms with Gasteiger partial charge < -0.3 is 20.1 Å². The minimum atomic E-state index is -2.77. The number of alkyl carbamates (subject to hydrolysis) is 1. The summed E-state index contributed by atoms with van der Waals surface area (Å²) in [5.41, 5.74) is -0.454. The van der Waals surface area contributed by atoms with Gasteiger partial charge in [-0.1, -0.05) is 30.3 Å². The third-order valence-electron chi connectivity index (χ3n) is 3.24. The molecule has 2 rings (SSSR count). The molecule has 0 radical (unpaired) electrons. The summed E-state index contributed by atoms with van der Waals surface area (Å²) in [6.07, 6.45) is -1.00. The topological polar surface area (TPSA) is 76.7 Å². The van der Waals surface area contributed by atoms with E-state index in [0.717, 1.165) is 5.56 Å². The SMILES string of the molecule is CC(C)(C)OC(=O)N[C@@H]1CNCC(F)(F)C1.O=C(Cl)OCc1ccccc1. The highest BCUT2D eigenvalue weighted by molar-refractivity contribution is 6.61. The Bertz CT molecular complexity index is 609. The Morgan fingerprint density at radius 3 is 2.44 bits per heavy atom. The molecule has 1 aliphatic heterocycles. The standard InChI is InChI=1S/C10H18F2N2O2.C8H7ClO2/c1-9(2,3)16-8(15)14-7-4-10(11,12)6-13-5-7;9-8(10)11-6-7-4-2-1-3-5-7/h7,13H,4-6H2,1-3H3,(H,14,15);1-5H,6H2/t7-;/m0./s1. The quantitative estimate of drug-likeness (QED) is 0.740. The molecule has 2 N–H and O–H groups in total. The molecule has 0 unspecified atom stereocenters. The summed E-state index contributed by atoms with van der Waals surface area (Å²) in [5.74, 6) is -2.77. The van der Waals surface area contributed by atoms with Gasteiger partial charge in [0.05, 0.1) is 12.6 Å². The van der Waals surface area contributed by atoms with E-state index in [1.54, 1.807) is 20.8 Å². The zero-order valence-corrected chi connectivity index (χ0v) is 16.3. The number of ether oxygens (including phenoxy) is 2. The van der Waals surface area contributed by atoms with E-state index in [1.807, 2.05) is 30.3 Å². The summed E-state index contributed by atoms with van der Waals surface area (Å²) >= 11 is 4.97. The second kappa shape index (κ2) is 10.4. The van der Waals surface area contributed by atoms with E-state index >= 15 is 0 Å². The first-order valence-corrected chi connectivity index (χ1v) is 8.79. The molecule has 1 atom stereocenters. The first-order valence-electron chi connectivity index (χ1n) is 8.41. The van der Waals surface area contributed by atoms with Gasteiger partial charge in [0.2, 0.25) is 0 Å². The third-order valence-corrected chi connectivity index (χ3v) is 3.34. The van der Waals surface area contributed by atoms with E-state index in [1.165, 1.54) is 0 Å². The number of nitrogens with one attached hydrogen (secondary N) is 2. The maximum Gasteiger partial charge on any atom is 0.407 e. The Balaban J connectivity index is 0.000000289. The van der Waals surface area contributed by atoms with Crippen molar-refractivity contribution in [1.82, 2.24) is 10.6 Å². The van der Waals surface area contributed by atoms with Crippen LogP contribution in [0.3, 0.4) is 0 Å². The molecule has 9 heteroatoms. The summed E-state index contributed by atoms with van der Waals surface area (Å²) in [6.45, 7) is 5.42. The van der Waals surface area contributed by atoms with Crippen molar-refractivity contribution in [1.29, 1.82) is 0 Å². The van der Waals surface area contributed by atoms with Gasteiger partial charge in [0.15, 0.2) is 0 Å². The van der Waals surface area contributed by atoms with E-state index in [2.05, 4.69) is 15.4 Å². The van der Waals surface area contributed by atoms with Gasteiger partial charge in [-0.3, -0.25) is 0 Å². The number of alkyl halides is 2. The van der Waals surface area contributed by atoms with Gasteiger partial charge in [0.25, 0.3) is 5.92 Å². The van der Waals surface area contributed by atoms with Crippen LogP contribution in [0.25, 0.3) is 0 Å². The van der Waals surface area contributed by atoms with Gasteiger partial charge >= 0.3 is 11.5 Å². The number of carbonyl (C=O) groups excluding carboxylic acids is 2.